The third kappa shape index (κ3) is 2.96. The second-order valence-electron chi connectivity index (χ2n) is 4.65. The number of fused-ring (bicyclic) bond motifs is 1. The number of hydrogen-bond donors (Lipinski definition) is 0. The van der Waals surface area contributed by atoms with Crippen molar-refractivity contribution in [3.8, 4) is 0 Å². The van der Waals surface area contributed by atoms with Crippen LogP contribution in [0.1, 0.15) is 24.8 Å². The first-order chi connectivity index (χ1) is 10.8. The Hall–Kier alpha value is -2.75. The molecule has 0 bridgehead atoms. The molecule has 0 aromatic carbocycles. The van der Waals surface area contributed by atoms with Crippen LogP contribution in [-0.4, -0.2) is 20.8 Å². The van der Waals surface area contributed by atoms with Crippen LogP contribution in [0.5, 0.6) is 0 Å². The van der Waals surface area contributed by atoms with Crippen molar-refractivity contribution < 1.29 is 0 Å². The number of allylic oxidation sites excluding steroid dienone is 3. The molecule has 1 aliphatic heterocycles. The summed E-state index contributed by atoms with van der Waals surface area (Å²) in [5.41, 5.74) is 4.07. The lowest BCUT2D eigenvalue weighted by molar-refractivity contribution is 0.900. The van der Waals surface area contributed by atoms with Crippen molar-refractivity contribution in [1.82, 2.24) is 14.6 Å². The van der Waals surface area contributed by atoms with Gasteiger partial charge in [0.2, 0.25) is 0 Å². The largest absolute Gasteiger partial charge is 0.260 e. The molecule has 22 heavy (non-hydrogen) atoms. The van der Waals surface area contributed by atoms with E-state index in [4.69, 9.17) is 0 Å². The van der Waals surface area contributed by atoms with E-state index in [9.17, 15) is 0 Å². The van der Waals surface area contributed by atoms with Gasteiger partial charge in [0.15, 0.2) is 5.65 Å². The fourth-order valence-corrected chi connectivity index (χ4v) is 2.40. The molecule has 4 nitrogen and oxygen atoms in total. The summed E-state index contributed by atoms with van der Waals surface area (Å²) < 4.78 is 1.80. The lowest BCUT2D eigenvalue weighted by Gasteiger charge is -2.14. The Morgan fingerprint density at radius 3 is 2.86 bits per heavy atom. The van der Waals surface area contributed by atoms with Gasteiger partial charge in [-0.15, -0.1) is 13.2 Å². The summed E-state index contributed by atoms with van der Waals surface area (Å²) in [5, 5.41) is 4.32. The quantitative estimate of drug-likeness (QED) is 0.631. The molecule has 4 heteroatoms. The normalized spacial score (nSPS) is 17.6. The Balaban J connectivity index is 0.000000847. The second-order valence-corrected chi connectivity index (χ2v) is 4.65. The molecule has 1 aliphatic rings. The Morgan fingerprint density at radius 1 is 1.41 bits per heavy atom. The van der Waals surface area contributed by atoms with Crippen LogP contribution in [0.3, 0.4) is 0 Å². The molecule has 0 saturated carbocycles. The minimum atomic E-state index is 0.231. The number of aliphatic imine (C=N–C) groups is 1. The van der Waals surface area contributed by atoms with Crippen LogP contribution in [0.4, 0.5) is 0 Å². The van der Waals surface area contributed by atoms with E-state index in [2.05, 4.69) is 40.9 Å². The molecule has 112 valence electrons. The van der Waals surface area contributed by atoms with E-state index < -0.39 is 0 Å². The molecule has 0 spiro atoms. The van der Waals surface area contributed by atoms with E-state index in [1.807, 2.05) is 43.8 Å². The van der Waals surface area contributed by atoms with Gasteiger partial charge in [-0.2, -0.15) is 5.10 Å². The Labute approximate surface area is 130 Å². The van der Waals surface area contributed by atoms with Crippen LogP contribution in [0.15, 0.2) is 78.9 Å². The van der Waals surface area contributed by atoms with Gasteiger partial charge in [-0.25, -0.2) is 9.50 Å². The molecular formula is C18H20N4. The third-order valence-corrected chi connectivity index (χ3v) is 3.49. The van der Waals surface area contributed by atoms with Crippen LogP contribution in [-0.2, 0) is 0 Å². The smallest absolute Gasteiger partial charge is 0.158 e. The summed E-state index contributed by atoms with van der Waals surface area (Å²) in [6.07, 6.45) is 14.5. The molecule has 2 aromatic rings. The highest BCUT2D eigenvalue weighted by atomic mass is 15.2. The first kappa shape index (κ1) is 15.6. The molecule has 3 heterocycles. The van der Waals surface area contributed by atoms with Crippen molar-refractivity contribution >= 4 is 11.9 Å². The highest BCUT2D eigenvalue weighted by Gasteiger charge is 2.18. The Kier molecular flexibility index (Phi) is 5.20. The maximum atomic E-state index is 4.55. The lowest BCUT2D eigenvalue weighted by Crippen LogP contribution is -2.05. The summed E-state index contributed by atoms with van der Waals surface area (Å²) in [5.74, 6) is 0.231. The molecule has 0 radical (unpaired) electrons. The third-order valence-electron chi connectivity index (χ3n) is 3.49. The van der Waals surface area contributed by atoms with E-state index in [-0.39, 0.29) is 5.92 Å². The molecular weight excluding hydrogens is 272 g/mol. The first-order valence-electron chi connectivity index (χ1n) is 7.15. The van der Waals surface area contributed by atoms with Gasteiger partial charge in [-0.1, -0.05) is 24.8 Å². The van der Waals surface area contributed by atoms with Crippen molar-refractivity contribution in [3.05, 3.63) is 79.5 Å². The molecule has 0 N–H and O–H groups in total. The van der Waals surface area contributed by atoms with Gasteiger partial charge in [0.25, 0.3) is 0 Å². The van der Waals surface area contributed by atoms with Gasteiger partial charge >= 0.3 is 0 Å². The maximum absolute atomic E-state index is 4.55. The molecule has 2 aromatic heterocycles. The molecule has 0 amide bonds. The molecule has 1 atom stereocenters. The summed E-state index contributed by atoms with van der Waals surface area (Å²) in [7, 11) is 0. The number of nitrogens with zero attached hydrogens (tertiary/aromatic N) is 4. The predicted molar refractivity (Wildman–Crippen MR) is 92.1 cm³/mol. The van der Waals surface area contributed by atoms with Crippen molar-refractivity contribution in [1.29, 1.82) is 0 Å². The monoisotopic (exact) mass is 292 g/mol. The van der Waals surface area contributed by atoms with Gasteiger partial charge in [0.1, 0.15) is 0 Å². The zero-order valence-electron chi connectivity index (χ0n) is 12.8. The minimum Gasteiger partial charge on any atom is -0.260 e. The van der Waals surface area contributed by atoms with Crippen LogP contribution in [0, 0.1) is 0 Å². The fourth-order valence-electron chi connectivity index (χ4n) is 2.40. The van der Waals surface area contributed by atoms with Gasteiger partial charge in [0, 0.05) is 30.1 Å². The topological polar surface area (TPSA) is 42.5 Å². The number of rotatable bonds is 3. The van der Waals surface area contributed by atoms with E-state index in [1.165, 1.54) is 0 Å². The standard InChI is InChI=1S/C16H16N4.C2H4/c1-3-12(4-2)15-7-6-13(10-18-15)14-11-19-20-9-5-8-17-16(14)20;1-2/h3-5,7-11,13H,1,6H2,2H3;1-2H2/b12-4+;. The Morgan fingerprint density at radius 2 is 2.23 bits per heavy atom. The van der Waals surface area contributed by atoms with Crippen LogP contribution in [0.25, 0.3) is 5.65 Å². The average Bonchev–Trinajstić information content (AvgIpc) is 3.02. The van der Waals surface area contributed by atoms with E-state index >= 15 is 0 Å². The summed E-state index contributed by atoms with van der Waals surface area (Å²) in [6, 6.07) is 1.87. The van der Waals surface area contributed by atoms with Crippen LogP contribution in [0.2, 0.25) is 0 Å². The molecule has 0 aliphatic carbocycles. The maximum Gasteiger partial charge on any atom is 0.158 e. The lowest BCUT2D eigenvalue weighted by atomic mass is 9.95. The van der Waals surface area contributed by atoms with Gasteiger partial charge in [0.05, 0.1) is 11.9 Å². The van der Waals surface area contributed by atoms with Crippen LogP contribution >= 0.6 is 0 Å². The van der Waals surface area contributed by atoms with E-state index in [0.717, 1.165) is 28.9 Å². The van der Waals surface area contributed by atoms with Crippen molar-refractivity contribution in [2.75, 3.05) is 0 Å². The SMILES string of the molecule is C=C.C=C/C(=C\C)C1=CCC(c2cnn3cccnc23)C=N1. The van der Waals surface area contributed by atoms with E-state index in [0.29, 0.717) is 0 Å². The van der Waals surface area contributed by atoms with Crippen molar-refractivity contribution in [3.63, 3.8) is 0 Å². The predicted octanol–water partition coefficient (Wildman–Crippen LogP) is 4.11. The van der Waals surface area contributed by atoms with Gasteiger partial charge in [-0.05, 0) is 25.0 Å². The van der Waals surface area contributed by atoms with Gasteiger partial charge < -0.3 is 0 Å². The molecule has 3 rings (SSSR count). The zero-order chi connectivity index (χ0) is 15.9. The highest BCUT2D eigenvalue weighted by molar-refractivity contribution is 5.75. The van der Waals surface area contributed by atoms with Crippen molar-refractivity contribution in [2.45, 2.75) is 19.3 Å². The van der Waals surface area contributed by atoms with Crippen molar-refractivity contribution in [2.24, 2.45) is 4.99 Å². The van der Waals surface area contributed by atoms with E-state index in [1.54, 1.807) is 10.7 Å². The molecule has 1 unspecified atom stereocenters. The number of hydrogen-bond acceptors (Lipinski definition) is 3. The minimum absolute atomic E-state index is 0.231. The van der Waals surface area contributed by atoms with Gasteiger partial charge in [-0.3, -0.25) is 4.99 Å². The molecule has 0 saturated heterocycles. The summed E-state index contributed by atoms with van der Waals surface area (Å²) in [6.45, 7) is 11.8. The summed E-state index contributed by atoms with van der Waals surface area (Å²) in [4.78, 5) is 8.94. The number of aromatic nitrogens is 3. The highest BCUT2D eigenvalue weighted by Crippen LogP contribution is 2.28. The zero-order valence-corrected chi connectivity index (χ0v) is 12.8. The average molecular weight is 292 g/mol. The summed E-state index contributed by atoms with van der Waals surface area (Å²) >= 11 is 0. The van der Waals surface area contributed by atoms with Crippen LogP contribution < -0.4 is 0 Å². The molecule has 0 fully saturated rings. The second kappa shape index (κ2) is 7.31. The fraction of sp³-hybridized carbons (Fsp3) is 0.167. The first-order valence-corrected chi connectivity index (χ1v) is 7.15. The Bertz CT molecular complexity index is 749.